The first-order valence-electron chi connectivity index (χ1n) is 12.9. The number of benzene rings is 3. The van der Waals surface area contributed by atoms with Gasteiger partial charge in [-0.2, -0.15) is 25.3 Å². The van der Waals surface area contributed by atoms with E-state index in [1.807, 2.05) is 0 Å². The summed E-state index contributed by atoms with van der Waals surface area (Å²) < 4.78 is 107. The minimum Gasteiger partial charge on any atom is -0.350 e. The topological polar surface area (TPSA) is 149 Å². The second kappa shape index (κ2) is 12.9. The predicted octanol–water partition coefficient (Wildman–Crippen LogP) is 3.63. The van der Waals surface area contributed by atoms with E-state index in [0.717, 1.165) is 16.7 Å². The minimum absolute atomic E-state index is 0.133. The van der Waals surface area contributed by atoms with Gasteiger partial charge in [0.2, 0.25) is 0 Å². The zero-order chi connectivity index (χ0) is 30.7. The summed E-state index contributed by atoms with van der Waals surface area (Å²) >= 11 is 0. The Morgan fingerprint density at radius 1 is 0.595 bits per heavy atom. The van der Waals surface area contributed by atoms with E-state index in [0.29, 0.717) is 0 Å². The normalized spacial score (nSPS) is 22.0. The van der Waals surface area contributed by atoms with Crippen LogP contribution in [0.5, 0.6) is 0 Å². The van der Waals surface area contributed by atoms with Crippen LogP contribution < -0.4 is 0 Å². The second-order valence-electron chi connectivity index (χ2n) is 9.90. The molecule has 1 aliphatic heterocycles. The largest absolute Gasteiger partial charge is 0.350 e. The first-order chi connectivity index (χ1) is 19.7. The molecule has 0 N–H and O–H groups in total. The van der Waals surface area contributed by atoms with E-state index in [-0.39, 0.29) is 14.7 Å². The van der Waals surface area contributed by atoms with Crippen molar-refractivity contribution in [2.75, 3.05) is 13.4 Å². The lowest BCUT2D eigenvalue weighted by molar-refractivity contribution is -0.108. The van der Waals surface area contributed by atoms with Gasteiger partial charge in [0.1, 0.15) is 25.1 Å². The van der Waals surface area contributed by atoms with Gasteiger partial charge in [0, 0.05) is 0 Å². The Bertz CT molecular complexity index is 1680. The maximum Gasteiger partial charge on any atom is 0.297 e. The molecular formula is C28H32O11S3. The number of ether oxygens (including phenoxy) is 2. The summed E-state index contributed by atoms with van der Waals surface area (Å²) in [6.45, 7) is 5.63. The van der Waals surface area contributed by atoms with Gasteiger partial charge >= 0.3 is 0 Å². The van der Waals surface area contributed by atoms with E-state index in [2.05, 4.69) is 0 Å². The molecule has 1 heterocycles. The highest BCUT2D eigenvalue weighted by Crippen LogP contribution is 2.29. The zero-order valence-electron chi connectivity index (χ0n) is 23.4. The minimum atomic E-state index is -4.53. The van der Waals surface area contributed by atoms with Gasteiger partial charge in [0.15, 0.2) is 0 Å². The molecule has 11 nitrogen and oxygen atoms in total. The van der Waals surface area contributed by atoms with E-state index in [1.165, 1.54) is 43.3 Å². The zero-order valence-corrected chi connectivity index (χ0v) is 25.8. The van der Waals surface area contributed by atoms with Crippen molar-refractivity contribution in [2.24, 2.45) is 0 Å². The van der Waals surface area contributed by atoms with Gasteiger partial charge in [-0.3, -0.25) is 12.5 Å². The van der Waals surface area contributed by atoms with E-state index in [4.69, 9.17) is 22.0 Å². The van der Waals surface area contributed by atoms with E-state index in [1.54, 1.807) is 57.2 Å². The van der Waals surface area contributed by atoms with Crippen LogP contribution in [0.1, 0.15) is 23.6 Å². The Kier molecular flexibility index (Phi) is 9.89. The molecule has 0 bridgehead atoms. The quantitative estimate of drug-likeness (QED) is 0.299. The average molecular weight is 641 g/mol. The van der Waals surface area contributed by atoms with Crippen LogP contribution in [0.2, 0.25) is 0 Å². The molecule has 0 aromatic heterocycles. The summed E-state index contributed by atoms with van der Waals surface area (Å²) in [4.78, 5) is -0.524. The highest BCUT2D eigenvalue weighted by Gasteiger charge is 2.45. The molecule has 0 radical (unpaired) electrons. The van der Waals surface area contributed by atoms with Gasteiger partial charge in [-0.05, 0) is 64.1 Å². The summed E-state index contributed by atoms with van der Waals surface area (Å²) in [7, 11) is -13.3. The fourth-order valence-electron chi connectivity index (χ4n) is 4.04. The molecule has 0 aliphatic carbocycles. The Balaban J connectivity index is 1.70. The van der Waals surface area contributed by atoms with Crippen LogP contribution in [-0.2, 0) is 52.4 Å². The molecule has 0 amide bonds. The van der Waals surface area contributed by atoms with Gasteiger partial charge in [-0.15, -0.1) is 0 Å². The van der Waals surface area contributed by atoms with Crippen LogP contribution in [0.3, 0.4) is 0 Å². The van der Waals surface area contributed by atoms with Crippen molar-refractivity contribution in [3.63, 3.8) is 0 Å². The van der Waals surface area contributed by atoms with Crippen molar-refractivity contribution in [2.45, 2.75) is 66.8 Å². The molecular weight excluding hydrogens is 608 g/mol. The first-order valence-corrected chi connectivity index (χ1v) is 17.1. The molecule has 4 unspecified atom stereocenters. The summed E-state index contributed by atoms with van der Waals surface area (Å²) in [6, 6.07) is 17.5. The molecule has 1 fully saturated rings. The van der Waals surface area contributed by atoms with Crippen molar-refractivity contribution in [3.8, 4) is 0 Å². The molecule has 4 atom stereocenters. The van der Waals surface area contributed by atoms with Crippen LogP contribution >= 0.6 is 0 Å². The fraction of sp³-hybridized carbons (Fsp3) is 0.357. The Morgan fingerprint density at radius 2 is 0.976 bits per heavy atom. The van der Waals surface area contributed by atoms with Crippen LogP contribution in [-0.4, -0.2) is 63.1 Å². The lowest BCUT2D eigenvalue weighted by atomic mass is 10.0. The van der Waals surface area contributed by atoms with E-state index in [9.17, 15) is 25.3 Å². The summed E-state index contributed by atoms with van der Waals surface area (Å²) in [5.41, 5.74) is 2.44. The summed E-state index contributed by atoms with van der Waals surface area (Å²) in [5, 5.41) is 0. The van der Waals surface area contributed by atoms with Crippen molar-refractivity contribution in [3.05, 3.63) is 89.5 Å². The molecule has 0 saturated carbocycles. The second-order valence-corrected chi connectivity index (χ2v) is 14.7. The van der Waals surface area contributed by atoms with Crippen LogP contribution in [0.15, 0.2) is 87.5 Å². The van der Waals surface area contributed by atoms with Crippen molar-refractivity contribution >= 4 is 30.4 Å². The maximum absolute atomic E-state index is 13.4. The molecule has 3 aromatic carbocycles. The molecule has 0 spiro atoms. The maximum atomic E-state index is 13.4. The van der Waals surface area contributed by atoms with Gasteiger partial charge < -0.3 is 9.47 Å². The fourth-order valence-corrected chi connectivity index (χ4v) is 7.20. The molecule has 14 heteroatoms. The Morgan fingerprint density at radius 3 is 1.40 bits per heavy atom. The third-order valence-corrected chi connectivity index (χ3v) is 10.5. The molecule has 3 aromatic rings. The first kappa shape index (κ1) is 32.2. The van der Waals surface area contributed by atoms with Gasteiger partial charge in [0.25, 0.3) is 30.4 Å². The highest BCUT2D eigenvalue weighted by molar-refractivity contribution is 7.87. The molecule has 1 saturated heterocycles. The third kappa shape index (κ3) is 7.82. The number of hydrogen-bond acceptors (Lipinski definition) is 11. The molecule has 228 valence electrons. The highest BCUT2D eigenvalue weighted by atomic mass is 32.2. The SMILES string of the molecule is Cc1ccc(S(=O)(=O)OCC2OCOC(C)C(OS(=O)(=O)c3ccc(C)cc3)C2OS(=O)(=O)c2ccc(C)cc2)cc1. The molecule has 42 heavy (non-hydrogen) atoms. The Hall–Kier alpha value is -2.69. The summed E-state index contributed by atoms with van der Waals surface area (Å²) in [5.74, 6) is 0. The monoisotopic (exact) mass is 640 g/mol. The standard InChI is InChI=1S/C28H32O11S3/c1-19-5-11-23(12-6-19)40(29,30)37-17-26-28(39-42(33,34)25-15-9-21(3)10-16-25)27(22(4)35-18-36-26)38-41(31,32)24-13-7-20(2)8-14-24/h5-16,22,26-28H,17-18H2,1-4H3. The van der Waals surface area contributed by atoms with Gasteiger partial charge in [-0.1, -0.05) is 53.1 Å². The smallest absolute Gasteiger partial charge is 0.297 e. The lowest BCUT2D eigenvalue weighted by Gasteiger charge is -2.31. The average Bonchev–Trinajstić information content (AvgIpc) is 3.06. The van der Waals surface area contributed by atoms with Crippen LogP contribution in [0, 0.1) is 20.8 Å². The Labute approximate surface area is 246 Å². The number of hydrogen-bond donors (Lipinski definition) is 0. The van der Waals surface area contributed by atoms with Crippen molar-refractivity contribution in [1.29, 1.82) is 0 Å². The van der Waals surface area contributed by atoms with E-state index < -0.39 is 68.2 Å². The van der Waals surface area contributed by atoms with Crippen LogP contribution in [0.4, 0.5) is 0 Å². The lowest BCUT2D eigenvalue weighted by Crippen LogP contribution is -2.49. The predicted molar refractivity (Wildman–Crippen MR) is 151 cm³/mol. The van der Waals surface area contributed by atoms with E-state index >= 15 is 0 Å². The van der Waals surface area contributed by atoms with Crippen molar-refractivity contribution < 1.29 is 47.3 Å². The van der Waals surface area contributed by atoms with Crippen molar-refractivity contribution in [1.82, 2.24) is 0 Å². The molecule has 1 aliphatic rings. The third-order valence-electron chi connectivity index (χ3n) is 6.56. The van der Waals surface area contributed by atoms with Crippen LogP contribution in [0.25, 0.3) is 0 Å². The number of rotatable bonds is 10. The summed E-state index contributed by atoms with van der Waals surface area (Å²) in [6.07, 6.45) is -5.81. The van der Waals surface area contributed by atoms with Gasteiger partial charge in [-0.25, -0.2) is 0 Å². The van der Waals surface area contributed by atoms with Gasteiger partial charge in [0.05, 0.1) is 27.4 Å². The number of aryl methyl sites for hydroxylation is 3. The molecule has 4 rings (SSSR count).